The lowest BCUT2D eigenvalue weighted by Gasteiger charge is -2.13. The summed E-state index contributed by atoms with van der Waals surface area (Å²) in [7, 11) is 0. The van der Waals surface area contributed by atoms with Gasteiger partial charge in [0.05, 0.1) is 4.47 Å². The van der Waals surface area contributed by atoms with Crippen molar-refractivity contribution in [3.8, 4) is 0 Å². The molecule has 1 aromatic rings. The summed E-state index contributed by atoms with van der Waals surface area (Å²) in [6, 6.07) is 5.46. The molecule has 0 aromatic heterocycles. The maximum Gasteiger partial charge on any atom is 0.137 e. The van der Waals surface area contributed by atoms with Gasteiger partial charge in [0.15, 0.2) is 0 Å². The summed E-state index contributed by atoms with van der Waals surface area (Å²) < 4.78 is 13.5. The van der Waals surface area contributed by atoms with Gasteiger partial charge in [0, 0.05) is 19.1 Å². The minimum absolute atomic E-state index is 0.221. The molecule has 0 fully saturated rings. The summed E-state index contributed by atoms with van der Waals surface area (Å²) in [5, 5.41) is 3.28. The molecule has 0 aliphatic rings. The van der Waals surface area contributed by atoms with E-state index >= 15 is 0 Å². The summed E-state index contributed by atoms with van der Waals surface area (Å²) in [5.41, 5.74) is 6.51. The highest BCUT2D eigenvalue weighted by Gasteiger charge is 2.04. The molecule has 4 heteroatoms. The molecule has 84 valence electrons. The summed E-state index contributed by atoms with van der Waals surface area (Å²) in [6.45, 7) is 3.54. The second-order valence-corrected chi connectivity index (χ2v) is 4.45. The highest BCUT2D eigenvalue weighted by atomic mass is 79.9. The third kappa shape index (κ3) is 4.28. The molecule has 1 atom stereocenters. The molecule has 15 heavy (non-hydrogen) atoms. The normalized spacial score (nSPS) is 12.8. The lowest BCUT2D eigenvalue weighted by atomic mass is 10.1. The molecular weight excluding hydrogens is 259 g/mol. The van der Waals surface area contributed by atoms with Gasteiger partial charge < -0.3 is 11.1 Å². The van der Waals surface area contributed by atoms with E-state index in [1.54, 1.807) is 6.07 Å². The summed E-state index contributed by atoms with van der Waals surface area (Å²) >= 11 is 3.17. The Hall–Kier alpha value is -0.450. The van der Waals surface area contributed by atoms with Gasteiger partial charge in [-0.2, -0.15) is 0 Å². The largest absolute Gasteiger partial charge is 0.329 e. The molecule has 2 nitrogen and oxygen atoms in total. The van der Waals surface area contributed by atoms with Crippen LogP contribution < -0.4 is 11.1 Å². The van der Waals surface area contributed by atoms with Crippen LogP contribution in [0, 0.1) is 5.82 Å². The number of nitrogens with one attached hydrogen (secondary N) is 1. The molecule has 0 radical (unpaired) electrons. The first-order valence-corrected chi connectivity index (χ1v) is 5.80. The van der Waals surface area contributed by atoms with Crippen LogP contribution in [0.3, 0.4) is 0 Å². The van der Waals surface area contributed by atoms with E-state index in [2.05, 4.69) is 28.2 Å². The number of rotatable bonds is 5. The van der Waals surface area contributed by atoms with Crippen LogP contribution >= 0.6 is 15.9 Å². The van der Waals surface area contributed by atoms with Crippen LogP contribution in [0.5, 0.6) is 0 Å². The fourth-order valence-electron chi connectivity index (χ4n) is 1.42. The third-order valence-electron chi connectivity index (χ3n) is 2.16. The molecule has 0 bridgehead atoms. The van der Waals surface area contributed by atoms with E-state index in [0.29, 0.717) is 17.1 Å². The highest BCUT2D eigenvalue weighted by Crippen LogP contribution is 2.17. The van der Waals surface area contributed by atoms with Crippen molar-refractivity contribution in [1.82, 2.24) is 5.32 Å². The van der Waals surface area contributed by atoms with Gasteiger partial charge in [0.1, 0.15) is 5.82 Å². The zero-order valence-electron chi connectivity index (χ0n) is 8.76. The molecular formula is C11H16BrFN2. The van der Waals surface area contributed by atoms with E-state index in [-0.39, 0.29) is 5.82 Å². The van der Waals surface area contributed by atoms with Crippen LogP contribution in [0.15, 0.2) is 22.7 Å². The number of hydrogen-bond acceptors (Lipinski definition) is 2. The van der Waals surface area contributed by atoms with Crippen LogP contribution in [-0.2, 0) is 6.42 Å². The van der Waals surface area contributed by atoms with Crippen molar-refractivity contribution < 1.29 is 4.39 Å². The molecule has 0 aliphatic heterocycles. The Morgan fingerprint density at radius 2 is 2.27 bits per heavy atom. The fourth-order valence-corrected chi connectivity index (χ4v) is 1.85. The Balaban J connectivity index is 2.53. The molecule has 1 unspecified atom stereocenters. The van der Waals surface area contributed by atoms with Crippen LogP contribution in [-0.4, -0.2) is 19.1 Å². The van der Waals surface area contributed by atoms with Gasteiger partial charge in [-0.1, -0.05) is 6.07 Å². The van der Waals surface area contributed by atoms with Gasteiger partial charge >= 0.3 is 0 Å². The minimum Gasteiger partial charge on any atom is -0.329 e. The average molecular weight is 275 g/mol. The maximum atomic E-state index is 13.0. The van der Waals surface area contributed by atoms with E-state index in [0.717, 1.165) is 18.5 Å². The Labute approximate surface area is 98.2 Å². The van der Waals surface area contributed by atoms with Crippen molar-refractivity contribution in [3.05, 3.63) is 34.1 Å². The molecule has 0 saturated carbocycles. The van der Waals surface area contributed by atoms with Gasteiger partial charge in [-0.3, -0.25) is 0 Å². The van der Waals surface area contributed by atoms with Crippen molar-refractivity contribution >= 4 is 15.9 Å². The Kier molecular flexibility index (Phi) is 5.22. The topological polar surface area (TPSA) is 38.0 Å². The standard InChI is InChI=1S/C11H16BrFN2/c1-8(15-5-4-14)6-9-2-3-11(13)10(12)7-9/h2-3,7-8,15H,4-6,14H2,1H3. The van der Waals surface area contributed by atoms with Crippen LogP contribution in [0.25, 0.3) is 0 Å². The quantitative estimate of drug-likeness (QED) is 0.863. The number of benzene rings is 1. The molecule has 1 rings (SSSR count). The third-order valence-corrected chi connectivity index (χ3v) is 2.77. The summed E-state index contributed by atoms with van der Waals surface area (Å²) in [5.74, 6) is -0.221. The smallest absolute Gasteiger partial charge is 0.137 e. The first-order chi connectivity index (χ1) is 7.13. The van der Waals surface area contributed by atoms with Crippen LogP contribution in [0.1, 0.15) is 12.5 Å². The van der Waals surface area contributed by atoms with Crippen LogP contribution in [0.2, 0.25) is 0 Å². The van der Waals surface area contributed by atoms with E-state index in [1.165, 1.54) is 6.07 Å². The molecule has 0 aliphatic carbocycles. The number of hydrogen-bond donors (Lipinski definition) is 2. The van der Waals surface area contributed by atoms with E-state index in [4.69, 9.17) is 5.73 Å². The molecule has 3 N–H and O–H groups in total. The van der Waals surface area contributed by atoms with Crippen molar-refractivity contribution in [2.24, 2.45) is 5.73 Å². The van der Waals surface area contributed by atoms with Gasteiger partial charge in [0.25, 0.3) is 0 Å². The van der Waals surface area contributed by atoms with Gasteiger partial charge in [0.2, 0.25) is 0 Å². The molecule has 0 spiro atoms. The monoisotopic (exact) mass is 274 g/mol. The predicted molar refractivity (Wildman–Crippen MR) is 64.3 cm³/mol. The van der Waals surface area contributed by atoms with E-state index in [9.17, 15) is 4.39 Å². The van der Waals surface area contributed by atoms with Crippen molar-refractivity contribution in [3.63, 3.8) is 0 Å². The van der Waals surface area contributed by atoms with Crippen LogP contribution in [0.4, 0.5) is 4.39 Å². The Morgan fingerprint density at radius 3 is 2.87 bits per heavy atom. The Morgan fingerprint density at radius 1 is 1.53 bits per heavy atom. The summed E-state index contributed by atoms with van der Waals surface area (Å²) in [4.78, 5) is 0. The predicted octanol–water partition coefficient (Wildman–Crippen LogP) is 2.07. The molecule has 0 saturated heterocycles. The van der Waals surface area contributed by atoms with Crippen molar-refractivity contribution in [2.75, 3.05) is 13.1 Å². The zero-order valence-corrected chi connectivity index (χ0v) is 10.3. The number of halogens is 2. The van der Waals surface area contributed by atoms with Crippen molar-refractivity contribution in [2.45, 2.75) is 19.4 Å². The average Bonchev–Trinajstić information content (AvgIpc) is 2.20. The fraction of sp³-hybridized carbons (Fsp3) is 0.455. The SMILES string of the molecule is CC(Cc1ccc(F)c(Br)c1)NCCN. The van der Waals surface area contributed by atoms with E-state index < -0.39 is 0 Å². The van der Waals surface area contributed by atoms with Gasteiger partial charge in [-0.15, -0.1) is 0 Å². The lowest BCUT2D eigenvalue weighted by Crippen LogP contribution is -2.32. The van der Waals surface area contributed by atoms with Crippen molar-refractivity contribution in [1.29, 1.82) is 0 Å². The van der Waals surface area contributed by atoms with Gasteiger partial charge in [-0.05, 0) is 47.0 Å². The highest BCUT2D eigenvalue weighted by molar-refractivity contribution is 9.10. The molecule has 0 heterocycles. The first-order valence-electron chi connectivity index (χ1n) is 5.01. The second kappa shape index (κ2) is 6.20. The lowest BCUT2D eigenvalue weighted by molar-refractivity contribution is 0.551. The molecule has 0 amide bonds. The zero-order chi connectivity index (χ0) is 11.3. The minimum atomic E-state index is -0.221. The van der Waals surface area contributed by atoms with E-state index in [1.807, 2.05) is 6.07 Å². The first kappa shape index (κ1) is 12.6. The number of nitrogens with two attached hydrogens (primary N) is 1. The Bertz CT molecular complexity index is 317. The second-order valence-electron chi connectivity index (χ2n) is 3.60. The van der Waals surface area contributed by atoms with Gasteiger partial charge in [-0.25, -0.2) is 4.39 Å². The molecule has 1 aromatic carbocycles. The maximum absolute atomic E-state index is 13.0. The summed E-state index contributed by atoms with van der Waals surface area (Å²) in [6.07, 6.45) is 0.874.